The summed E-state index contributed by atoms with van der Waals surface area (Å²) in [6, 6.07) is 16.1. The number of nitrogens with two attached hydrogens (primary N) is 1. The quantitative estimate of drug-likeness (QED) is 0.326. The number of hydrogen-bond acceptors (Lipinski definition) is 7. The molecule has 3 N–H and O–H groups in total. The van der Waals surface area contributed by atoms with Gasteiger partial charge in [0.25, 0.3) is 17.5 Å². The van der Waals surface area contributed by atoms with Crippen molar-refractivity contribution < 1.29 is 27.3 Å². The summed E-state index contributed by atoms with van der Waals surface area (Å²) in [6.07, 6.45) is -1.55. The van der Waals surface area contributed by atoms with Crippen LogP contribution in [0.1, 0.15) is 21.5 Å². The highest BCUT2D eigenvalue weighted by Gasteiger charge is 2.46. The Hall–Kier alpha value is -4.20. The van der Waals surface area contributed by atoms with Crippen molar-refractivity contribution in [2.75, 3.05) is 13.1 Å². The molecule has 0 bridgehead atoms. The van der Waals surface area contributed by atoms with Crippen molar-refractivity contribution in [3.05, 3.63) is 105 Å². The Kier molecular flexibility index (Phi) is 7.80. The van der Waals surface area contributed by atoms with Crippen molar-refractivity contribution in [1.29, 1.82) is 0 Å². The first-order valence-corrected chi connectivity index (χ1v) is 12.9. The molecule has 1 aliphatic rings. The van der Waals surface area contributed by atoms with E-state index >= 15 is 0 Å². The van der Waals surface area contributed by atoms with Gasteiger partial charge in [-0.25, -0.2) is 12.8 Å². The van der Waals surface area contributed by atoms with Crippen LogP contribution in [0.5, 0.6) is 0 Å². The van der Waals surface area contributed by atoms with Crippen LogP contribution in [0.25, 0.3) is 0 Å². The van der Waals surface area contributed by atoms with Crippen LogP contribution in [0.15, 0.2) is 77.7 Å². The number of nitro groups is 1. The molecule has 2 amide bonds. The van der Waals surface area contributed by atoms with Crippen LogP contribution in [0.2, 0.25) is 0 Å². The minimum atomic E-state index is -4.30. The van der Waals surface area contributed by atoms with Gasteiger partial charge in [0.2, 0.25) is 10.0 Å². The Morgan fingerprint density at radius 2 is 1.68 bits per heavy atom. The lowest BCUT2D eigenvalue weighted by Crippen LogP contribution is -2.53. The molecule has 3 aromatic rings. The van der Waals surface area contributed by atoms with E-state index in [0.717, 1.165) is 56.7 Å². The molecule has 198 valence electrons. The van der Waals surface area contributed by atoms with E-state index in [0.29, 0.717) is 6.54 Å². The summed E-state index contributed by atoms with van der Waals surface area (Å²) in [6.45, 7) is 0.0367. The summed E-state index contributed by atoms with van der Waals surface area (Å²) in [5, 5.41) is 13.7. The Morgan fingerprint density at radius 3 is 2.32 bits per heavy atom. The van der Waals surface area contributed by atoms with Crippen molar-refractivity contribution >= 4 is 27.5 Å². The van der Waals surface area contributed by atoms with E-state index in [1.54, 1.807) is 18.2 Å². The van der Waals surface area contributed by atoms with E-state index in [9.17, 15) is 32.5 Å². The fraction of sp³-hybridized carbons (Fsp3) is 0.200. The zero-order chi connectivity index (χ0) is 27.4. The third kappa shape index (κ3) is 5.54. The molecule has 1 atom stereocenters. The highest BCUT2D eigenvalue weighted by atomic mass is 32.2. The van der Waals surface area contributed by atoms with Gasteiger partial charge in [0.05, 0.1) is 9.82 Å². The first-order valence-electron chi connectivity index (χ1n) is 11.5. The summed E-state index contributed by atoms with van der Waals surface area (Å²) < 4.78 is 41.2. The van der Waals surface area contributed by atoms with Crippen LogP contribution in [-0.4, -0.2) is 53.6 Å². The molecule has 0 saturated carbocycles. The molecule has 0 radical (unpaired) electrons. The predicted octanol–water partition coefficient (Wildman–Crippen LogP) is 1.98. The van der Waals surface area contributed by atoms with Gasteiger partial charge < -0.3 is 16.0 Å². The highest BCUT2D eigenvalue weighted by molar-refractivity contribution is 7.89. The number of rotatable bonds is 8. The van der Waals surface area contributed by atoms with Crippen molar-refractivity contribution in [1.82, 2.24) is 14.5 Å². The molecule has 13 heteroatoms. The number of carbonyl (C=O) groups is 2. The van der Waals surface area contributed by atoms with Gasteiger partial charge >= 0.3 is 0 Å². The minimum absolute atomic E-state index is 0.0464. The molecule has 3 aromatic carbocycles. The zero-order valence-corrected chi connectivity index (χ0v) is 20.8. The van der Waals surface area contributed by atoms with Gasteiger partial charge in [0.15, 0.2) is 6.17 Å². The van der Waals surface area contributed by atoms with Gasteiger partial charge in [-0.15, -0.1) is 0 Å². The highest BCUT2D eigenvalue weighted by Crippen LogP contribution is 2.27. The number of non-ortho nitro benzene ring substituents is 1. The van der Waals surface area contributed by atoms with Gasteiger partial charge in [-0.05, 0) is 47.5 Å². The average molecular weight is 542 g/mol. The third-order valence-corrected chi connectivity index (χ3v) is 7.93. The minimum Gasteiger partial charge on any atom is -0.349 e. The lowest BCUT2D eigenvalue weighted by atomic mass is 10.1. The van der Waals surface area contributed by atoms with E-state index in [-0.39, 0.29) is 35.8 Å². The number of nitrogens with one attached hydrogen (secondary N) is 1. The maximum absolute atomic E-state index is 13.4. The van der Waals surface area contributed by atoms with Crippen molar-refractivity contribution in [2.24, 2.45) is 5.73 Å². The van der Waals surface area contributed by atoms with Gasteiger partial charge in [-0.1, -0.05) is 24.3 Å². The summed E-state index contributed by atoms with van der Waals surface area (Å²) in [7, 11) is -4.30. The predicted molar refractivity (Wildman–Crippen MR) is 134 cm³/mol. The van der Waals surface area contributed by atoms with Crippen LogP contribution < -0.4 is 11.1 Å². The first kappa shape index (κ1) is 26.9. The molecule has 4 rings (SSSR count). The van der Waals surface area contributed by atoms with Crippen LogP contribution in [0.4, 0.5) is 10.1 Å². The van der Waals surface area contributed by atoms with Crippen LogP contribution in [0.3, 0.4) is 0 Å². The van der Waals surface area contributed by atoms with Crippen molar-refractivity contribution in [2.45, 2.75) is 24.2 Å². The molecule has 38 heavy (non-hydrogen) atoms. The van der Waals surface area contributed by atoms with E-state index in [1.165, 1.54) is 12.1 Å². The molecule has 0 spiro atoms. The summed E-state index contributed by atoms with van der Waals surface area (Å²) in [5.74, 6) is -2.06. The van der Waals surface area contributed by atoms with E-state index in [1.807, 2.05) is 6.07 Å². The maximum Gasteiger partial charge on any atom is 0.269 e. The molecule has 1 fully saturated rings. The van der Waals surface area contributed by atoms with Gasteiger partial charge in [-0.2, -0.15) is 4.31 Å². The second kappa shape index (κ2) is 11.0. The van der Waals surface area contributed by atoms with Crippen molar-refractivity contribution in [3.63, 3.8) is 0 Å². The van der Waals surface area contributed by atoms with Gasteiger partial charge in [0, 0.05) is 43.9 Å². The van der Waals surface area contributed by atoms with Crippen LogP contribution in [-0.2, 0) is 27.9 Å². The lowest BCUT2D eigenvalue weighted by Gasteiger charge is -2.29. The Morgan fingerprint density at radius 1 is 1.03 bits per heavy atom. The zero-order valence-electron chi connectivity index (χ0n) is 20.0. The monoisotopic (exact) mass is 541 g/mol. The average Bonchev–Trinajstić information content (AvgIpc) is 3.38. The second-order valence-electron chi connectivity index (χ2n) is 8.49. The molecular formula is C25H24FN5O6S. The Balaban J connectivity index is 1.65. The molecule has 1 unspecified atom stereocenters. The summed E-state index contributed by atoms with van der Waals surface area (Å²) >= 11 is 0. The normalized spacial score (nSPS) is 15.8. The first-order chi connectivity index (χ1) is 18.1. The molecule has 0 aliphatic carbocycles. The number of hydrogen-bond donors (Lipinski definition) is 2. The SMILES string of the molecule is NCc1cccc(CNC(=O)C2N(C(=O)c3ccc([N+](=O)[O-])cc3)CCN2S(=O)(=O)c2ccc(F)cc2)c1. The maximum atomic E-state index is 13.4. The largest absolute Gasteiger partial charge is 0.349 e. The number of carbonyl (C=O) groups excluding carboxylic acids is 2. The number of halogens is 1. The van der Waals surface area contributed by atoms with Crippen LogP contribution in [0, 0.1) is 15.9 Å². The lowest BCUT2D eigenvalue weighted by molar-refractivity contribution is -0.384. The van der Waals surface area contributed by atoms with Gasteiger partial charge in [0.1, 0.15) is 5.82 Å². The van der Waals surface area contributed by atoms with E-state index < -0.39 is 38.7 Å². The third-order valence-electron chi connectivity index (χ3n) is 6.06. The molecule has 0 aromatic heterocycles. The Bertz CT molecular complexity index is 1460. The molecule has 11 nitrogen and oxygen atoms in total. The second-order valence-corrected chi connectivity index (χ2v) is 10.4. The summed E-state index contributed by atoms with van der Waals surface area (Å²) in [4.78, 5) is 38.0. The number of benzene rings is 3. The molecule has 1 saturated heterocycles. The van der Waals surface area contributed by atoms with Gasteiger partial charge in [-0.3, -0.25) is 19.7 Å². The standard InChI is InChI=1S/C25H24FN5O6S/c26-20-6-10-22(11-7-20)38(36,37)30-13-12-29(25(33)19-4-8-21(9-5-19)31(34)35)24(30)23(32)28-16-18-3-1-2-17(14-18)15-27/h1-11,14,24H,12-13,15-16,27H2,(H,28,32). The number of nitrogens with zero attached hydrogens (tertiary/aromatic N) is 3. The van der Waals surface area contributed by atoms with E-state index in [4.69, 9.17) is 5.73 Å². The Labute approximate surface area is 217 Å². The molecule has 1 aliphatic heterocycles. The fourth-order valence-corrected chi connectivity index (χ4v) is 5.67. The smallest absolute Gasteiger partial charge is 0.269 e. The van der Waals surface area contributed by atoms with Crippen molar-refractivity contribution in [3.8, 4) is 0 Å². The van der Waals surface area contributed by atoms with E-state index in [2.05, 4.69) is 5.32 Å². The van der Waals surface area contributed by atoms with Crippen LogP contribution >= 0.6 is 0 Å². The molecular weight excluding hydrogens is 517 g/mol. The fourth-order valence-electron chi connectivity index (χ4n) is 4.12. The number of amides is 2. The number of sulfonamides is 1. The summed E-state index contributed by atoms with van der Waals surface area (Å²) in [5.41, 5.74) is 7.06. The topological polar surface area (TPSA) is 156 Å². The number of nitro benzene ring substituents is 1. The molecule has 1 heterocycles.